The van der Waals surface area contributed by atoms with Crippen LogP contribution in [0.2, 0.25) is 0 Å². The summed E-state index contributed by atoms with van der Waals surface area (Å²) in [6.45, 7) is 2.66. The van der Waals surface area contributed by atoms with Crippen LogP contribution in [-0.2, 0) is 22.9 Å². The molecular formula is C19H24N2O2S2. The molecule has 4 rings (SSSR count). The number of thiophene rings is 1. The van der Waals surface area contributed by atoms with Gasteiger partial charge >= 0.3 is 0 Å². The molecule has 1 aromatic heterocycles. The van der Waals surface area contributed by atoms with Gasteiger partial charge in [-0.3, -0.25) is 4.90 Å². The van der Waals surface area contributed by atoms with Crippen LogP contribution in [0.5, 0.6) is 0 Å². The summed E-state index contributed by atoms with van der Waals surface area (Å²) >= 11 is 1.27. The number of nitrogens with zero attached hydrogens (tertiary/aromatic N) is 1. The van der Waals surface area contributed by atoms with Gasteiger partial charge in [0, 0.05) is 19.1 Å². The van der Waals surface area contributed by atoms with E-state index in [0.29, 0.717) is 22.7 Å². The van der Waals surface area contributed by atoms with E-state index in [2.05, 4.69) is 33.9 Å². The molecule has 1 atom stereocenters. The van der Waals surface area contributed by atoms with Gasteiger partial charge in [-0.05, 0) is 60.7 Å². The SMILES string of the molecule is O=S(=O)(NC[C@@H]1CCCN(C2Cc3ccccc3C2)C1)c1cccs1. The Labute approximate surface area is 153 Å². The maximum Gasteiger partial charge on any atom is 0.250 e. The molecule has 1 N–H and O–H groups in total. The second-order valence-electron chi connectivity index (χ2n) is 7.12. The van der Waals surface area contributed by atoms with Gasteiger partial charge in [-0.2, -0.15) is 0 Å². The van der Waals surface area contributed by atoms with E-state index in [-0.39, 0.29) is 0 Å². The molecule has 0 amide bonds. The normalized spacial score (nSPS) is 22.2. The minimum Gasteiger partial charge on any atom is -0.299 e. The Morgan fingerprint density at radius 2 is 1.88 bits per heavy atom. The highest BCUT2D eigenvalue weighted by Gasteiger charge is 2.30. The van der Waals surface area contributed by atoms with Crippen molar-refractivity contribution in [3.63, 3.8) is 0 Å². The summed E-state index contributed by atoms with van der Waals surface area (Å²) in [4.78, 5) is 2.58. The second kappa shape index (κ2) is 7.19. The minimum absolute atomic E-state index is 0.396. The molecule has 2 heterocycles. The van der Waals surface area contributed by atoms with Crippen molar-refractivity contribution in [2.24, 2.45) is 5.92 Å². The van der Waals surface area contributed by atoms with Crippen molar-refractivity contribution in [1.29, 1.82) is 0 Å². The van der Waals surface area contributed by atoms with E-state index < -0.39 is 10.0 Å². The molecule has 25 heavy (non-hydrogen) atoms. The van der Waals surface area contributed by atoms with Crippen molar-refractivity contribution >= 4 is 21.4 Å². The maximum absolute atomic E-state index is 12.3. The lowest BCUT2D eigenvalue weighted by molar-refractivity contribution is 0.128. The molecule has 2 aromatic rings. The summed E-state index contributed by atoms with van der Waals surface area (Å²) in [5, 5.41) is 1.80. The zero-order chi connectivity index (χ0) is 17.3. The standard InChI is InChI=1S/C19H24N2O2S2/c22-25(23,19-8-4-10-24-19)20-13-15-5-3-9-21(14-15)18-11-16-6-1-2-7-17(16)12-18/h1-2,4,6-8,10,15,18,20H,3,5,9,11-14H2/t15-/m0/s1. The molecule has 1 aliphatic heterocycles. The maximum atomic E-state index is 12.3. The van der Waals surface area contributed by atoms with Crippen LogP contribution in [0.25, 0.3) is 0 Å². The van der Waals surface area contributed by atoms with E-state index in [4.69, 9.17) is 0 Å². The molecule has 6 heteroatoms. The summed E-state index contributed by atoms with van der Waals surface area (Å²) in [7, 11) is -3.35. The number of piperidine rings is 1. The quantitative estimate of drug-likeness (QED) is 0.873. The smallest absolute Gasteiger partial charge is 0.250 e. The summed E-state index contributed by atoms with van der Waals surface area (Å²) in [5.41, 5.74) is 2.96. The van der Waals surface area contributed by atoms with Gasteiger partial charge in [-0.1, -0.05) is 30.3 Å². The molecule has 134 valence electrons. The Morgan fingerprint density at radius 3 is 2.56 bits per heavy atom. The fourth-order valence-corrected chi connectivity index (χ4v) is 6.26. The van der Waals surface area contributed by atoms with Crippen molar-refractivity contribution < 1.29 is 8.42 Å². The number of sulfonamides is 1. The zero-order valence-corrected chi connectivity index (χ0v) is 15.9. The molecule has 1 fully saturated rings. The topological polar surface area (TPSA) is 49.4 Å². The van der Waals surface area contributed by atoms with Crippen LogP contribution < -0.4 is 4.72 Å². The number of likely N-dealkylation sites (tertiary alicyclic amines) is 1. The highest BCUT2D eigenvalue weighted by molar-refractivity contribution is 7.91. The van der Waals surface area contributed by atoms with Gasteiger partial charge in [0.1, 0.15) is 4.21 Å². The van der Waals surface area contributed by atoms with E-state index in [9.17, 15) is 8.42 Å². The average molecular weight is 377 g/mol. The van der Waals surface area contributed by atoms with Crippen LogP contribution >= 0.6 is 11.3 Å². The molecule has 0 spiro atoms. The number of benzene rings is 1. The first-order valence-corrected chi connectivity index (χ1v) is 11.3. The van der Waals surface area contributed by atoms with E-state index in [0.717, 1.165) is 38.8 Å². The molecule has 0 radical (unpaired) electrons. The molecule has 0 bridgehead atoms. The minimum atomic E-state index is -3.35. The molecule has 0 unspecified atom stereocenters. The third kappa shape index (κ3) is 3.82. The number of nitrogens with one attached hydrogen (secondary N) is 1. The first kappa shape index (κ1) is 17.2. The summed E-state index contributed by atoms with van der Waals surface area (Å²) in [6, 6.07) is 12.8. The summed E-state index contributed by atoms with van der Waals surface area (Å²) < 4.78 is 27.8. The Morgan fingerprint density at radius 1 is 1.12 bits per heavy atom. The van der Waals surface area contributed by atoms with Crippen LogP contribution in [0.15, 0.2) is 46.0 Å². The largest absolute Gasteiger partial charge is 0.299 e. The van der Waals surface area contributed by atoms with Gasteiger partial charge in [0.2, 0.25) is 10.0 Å². The van der Waals surface area contributed by atoms with E-state index in [1.165, 1.54) is 22.5 Å². The van der Waals surface area contributed by atoms with Gasteiger partial charge in [0.05, 0.1) is 0 Å². The number of rotatable bonds is 5. The van der Waals surface area contributed by atoms with Gasteiger partial charge < -0.3 is 0 Å². The Balaban J connectivity index is 1.34. The highest BCUT2D eigenvalue weighted by Crippen LogP contribution is 2.28. The van der Waals surface area contributed by atoms with Crippen molar-refractivity contribution in [2.75, 3.05) is 19.6 Å². The van der Waals surface area contributed by atoms with Crippen molar-refractivity contribution in [2.45, 2.75) is 35.9 Å². The third-order valence-electron chi connectivity index (χ3n) is 5.42. The second-order valence-corrected chi connectivity index (χ2v) is 10.1. The lowest BCUT2D eigenvalue weighted by atomic mass is 9.96. The number of hydrogen-bond acceptors (Lipinski definition) is 4. The first-order chi connectivity index (χ1) is 12.1. The lowest BCUT2D eigenvalue weighted by Crippen LogP contribution is -2.46. The van der Waals surface area contributed by atoms with Gasteiger partial charge in [-0.25, -0.2) is 13.1 Å². The van der Waals surface area contributed by atoms with Gasteiger partial charge in [0.15, 0.2) is 0 Å². The van der Waals surface area contributed by atoms with Crippen molar-refractivity contribution in [1.82, 2.24) is 9.62 Å². The first-order valence-electron chi connectivity index (χ1n) is 8.96. The summed E-state index contributed by atoms with van der Waals surface area (Å²) in [6.07, 6.45) is 4.51. The van der Waals surface area contributed by atoms with Crippen molar-refractivity contribution in [3.05, 3.63) is 52.9 Å². The molecular weight excluding hydrogens is 352 g/mol. The molecule has 4 nitrogen and oxygen atoms in total. The van der Waals surface area contributed by atoms with Crippen LogP contribution in [-0.4, -0.2) is 39.0 Å². The Hall–Kier alpha value is -1.21. The molecule has 1 aliphatic carbocycles. The van der Waals surface area contributed by atoms with Crippen LogP contribution in [0.3, 0.4) is 0 Å². The summed E-state index contributed by atoms with van der Waals surface area (Å²) in [5.74, 6) is 0.396. The monoisotopic (exact) mass is 376 g/mol. The molecule has 2 aliphatic rings. The predicted octanol–water partition coefficient (Wildman–Crippen LogP) is 2.91. The van der Waals surface area contributed by atoms with Crippen molar-refractivity contribution in [3.8, 4) is 0 Å². The van der Waals surface area contributed by atoms with Crippen LogP contribution in [0, 0.1) is 5.92 Å². The third-order valence-corrected chi connectivity index (χ3v) is 8.24. The lowest BCUT2D eigenvalue weighted by Gasteiger charge is -2.36. The molecule has 0 saturated carbocycles. The zero-order valence-electron chi connectivity index (χ0n) is 14.2. The van der Waals surface area contributed by atoms with Gasteiger partial charge in [0.25, 0.3) is 0 Å². The number of fused-ring (bicyclic) bond motifs is 1. The Kier molecular flexibility index (Phi) is 4.95. The molecule has 1 saturated heterocycles. The van der Waals surface area contributed by atoms with E-state index in [1.807, 2.05) is 0 Å². The average Bonchev–Trinajstić information content (AvgIpc) is 3.30. The predicted molar refractivity (Wildman–Crippen MR) is 101 cm³/mol. The number of hydrogen-bond donors (Lipinski definition) is 1. The van der Waals surface area contributed by atoms with Gasteiger partial charge in [-0.15, -0.1) is 11.3 Å². The van der Waals surface area contributed by atoms with E-state index >= 15 is 0 Å². The van der Waals surface area contributed by atoms with E-state index in [1.54, 1.807) is 17.5 Å². The van der Waals surface area contributed by atoms with Crippen LogP contribution in [0.1, 0.15) is 24.0 Å². The molecule has 1 aromatic carbocycles. The fourth-order valence-electron chi connectivity index (χ4n) is 4.10. The Bertz CT molecular complexity index is 793. The van der Waals surface area contributed by atoms with Crippen LogP contribution in [0.4, 0.5) is 0 Å². The fraction of sp³-hybridized carbons (Fsp3) is 0.474. The highest BCUT2D eigenvalue weighted by atomic mass is 32.2.